The van der Waals surface area contributed by atoms with E-state index in [-0.39, 0.29) is 19.1 Å². The largest absolute Gasteiger partial charge is 0.462 e. The van der Waals surface area contributed by atoms with Crippen LogP contribution in [0.5, 0.6) is 0 Å². The van der Waals surface area contributed by atoms with Gasteiger partial charge in [0.2, 0.25) is 0 Å². The van der Waals surface area contributed by atoms with Crippen LogP contribution in [0.3, 0.4) is 0 Å². The first-order chi connectivity index (χ1) is 22.2. The Hall–Kier alpha value is -4.96. The molecule has 0 radical (unpaired) electrons. The zero-order valence-corrected chi connectivity index (χ0v) is 27.1. The van der Waals surface area contributed by atoms with E-state index < -0.39 is 11.9 Å². The van der Waals surface area contributed by atoms with Gasteiger partial charge in [-0.15, -0.1) is 0 Å². The highest BCUT2D eigenvalue weighted by molar-refractivity contribution is 5.87. The zero-order chi connectivity index (χ0) is 32.6. The standard InChI is InChI=1S/C42H42O4/c1-6-7-8-9-30-10-22-39-36(24-30)19-20-37-25-35(21-23-40(37)39)33-15-11-31(12-16-33)32-13-17-34(18-14-32)38(26-45-41(43)28(2)3)27-46-42(44)29(4)5/h6-7,10-18,21-25,38H,2,4,8-9,19-20,26-27H2,1,3,5H3/b7-6+. The van der Waals surface area contributed by atoms with Crippen LogP contribution in [0.2, 0.25) is 0 Å². The third-order valence-electron chi connectivity index (χ3n) is 8.53. The minimum atomic E-state index is -0.471. The van der Waals surface area contributed by atoms with Gasteiger partial charge in [0.05, 0.1) is 5.92 Å². The van der Waals surface area contributed by atoms with E-state index in [9.17, 15) is 9.59 Å². The average molecular weight is 611 g/mol. The molecular formula is C42H42O4. The maximum absolute atomic E-state index is 12.0. The Morgan fingerprint density at radius 3 is 1.72 bits per heavy atom. The molecule has 0 atom stereocenters. The van der Waals surface area contributed by atoms with E-state index >= 15 is 0 Å². The van der Waals surface area contributed by atoms with E-state index in [4.69, 9.17) is 9.47 Å². The number of ether oxygens (including phenoxy) is 2. The van der Waals surface area contributed by atoms with Gasteiger partial charge in [-0.1, -0.05) is 110 Å². The number of aryl methyl sites for hydroxylation is 3. The Balaban J connectivity index is 1.29. The van der Waals surface area contributed by atoms with Crippen LogP contribution in [0.4, 0.5) is 0 Å². The Morgan fingerprint density at radius 2 is 1.17 bits per heavy atom. The van der Waals surface area contributed by atoms with Gasteiger partial charge in [-0.2, -0.15) is 0 Å². The lowest BCUT2D eigenvalue weighted by Gasteiger charge is -2.21. The predicted octanol–water partition coefficient (Wildman–Crippen LogP) is 9.62. The van der Waals surface area contributed by atoms with Crippen LogP contribution in [0, 0.1) is 0 Å². The molecule has 0 saturated heterocycles. The molecule has 0 spiro atoms. The molecule has 0 heterocycles. The van der Waals surface area contributed by atoms with E-state index in [1.807, 2.05) is 24.3 Å². The number of carbonyl (C=O) groups excluding carboxylic acids is 2. The van der Waals surface area contributed by atoms with Crippen molar-refractivity contribution >= 4 is 11.9 Å². The number of rotatable bonds is 12. The maximum atomic E-state index is 12.0. The normalized spacial score (nSPS) is 12.0. The minimum absolute atomic E-state index is 0.0769. The summed E-state index contributed by atoms with van der Waals surface area (Å²) in [4.78, 5) is 24.0. The Labute approximate surface area is 273 Å². The smallest absolute Gasteiger partial charge is 0.333 e. The third-order valence-corrected chi connectivity index (χ3v) is 8.53. The lowest BCUT2D eigenvalue weighted by atomic mass is 9.83. The van der Waals surface area contributed by atoms with Crippen molar-refractivity contribution in [3.8, 4) is 33.4 Å². The van der Waals surface area contributed by atoms with Crippen molar-refractivity contribution in [2.24, 2.45) is 0 Å². The quantitative estimate of drug-likeness (QED) is 0.0911. The van der Waals surface area contributed by atoms with E-state index in [0.29, 0.717) is 11.1 Å². The Kier molecular flexibility index (Phi) is 10.5. The molecule has 4 heteroatoms. The van der Waals surface area contributed by atoms with Crippen molar-refractivity contribution in [3.05, 3.63) is 144 Å². The molecule has 46 heavy (non-hydrogen) atoms. The van der Waals surface area contributed by atoms with E-state index in [1.54, 1.807) is 13.8 Å². The zero-order valence-electron chi connectivity index (χ0n) is 27.1. The summed E-state index contributed by atoms with van der Waals surface area (Å²) in [6.07, 6.45) is 8.66. The average Bonchev–Trinajstić information content (AvgIpc) is 3.07. The lowest BCUT2D eigenvalue weighted by Crippen LogP contribution is -2.20. The minimum Gasteiger partial charge on any atom is -0.462 e. The summed E-state index contributed by atoms with van der Waals surface area (Å²) >= 11 is 0. The second-order valence-electron chi connectivity index (χ2n) is 12.1. The van der Waals surface area contributed by atoms with Crippen molar-refractivity contribution in [1.29, 1.82) is 0 Å². The molecule has 1 aliphatic carbocycles. The number of benzene rings is 4. The van der Waals surface area contributed by atoms with Crippen LogP contribution >= 0.6 is 0 Å². The maximum Gasteiger partial charge on any atom is 0.333 e. The van der Waals surface area contributed by atoms with Gasteiger partial charge in [0, 0.05) is 11.1 Å². The van der Waals surface area contributed by atoms with Crippen molar-refractivity contribution in [3.63, 3.8) is 0 Å². The van der Waals surface area contributed by atoms with Crippen molar-refractivity contribution in [1.82, 2.24) is 0 Å². The second kappa shape index (κ2) is 14.9. The van der Waals surface area contributed by atoms with E-state index in [1.165, 1.54) is 38.9 Å². The fourth-order valence-electron chi connectivity index (χ4n) is 5.84. The topological polar surface area (TPSA) is 52.6 Å². The molecular weight excluding hydrogens is 568 g/mol. The lowest BCUT2D eigenvalue weighted by molar-refractivity contribution is -0.142. The fraction of sp³-hybridized carbons (Fsp3) is 0.238. The van der Waals surface area contributed by atoms with E-state index in [0.717, 1.165) is 42.4 Å². The molecule has 0 bridgehead atoms. The van der Waals surface area contributed by atoms with Gasteiger partial charge in [0.15, 0.2) is 0 Å². The van der Waals surface area contributed by atoms with Gasteiger partial charge in [0.1, 0.15) is 13.2 Å². The first kappa shape index (κ1) is 32.4. The molecule has 4 aromatic carbocycles. The first-order valence-corrected chi connectivity index (χ1v) is 16.0. The van der Waals surface area contributed by atoms with Crippen LogP contribution in [0.15, 0.2) is 121 Å². The molecule has 0 aromatic heterocycles. The molecule has 0 aliphatic heterocycles. The van der Waals surface area contributed by atoms with Crippen molar-refractivity contribution in [2.45, 2.75) is 52.4 Å². The highest BCUT2D eigenvalue weighted by Crippen LogP contribution is 2.37. The molecule has 0 fully saturated rings. The number of hydrogen-bond acceptors (Lipinski definition) is 4. The van der Waals surface area contributed by atoms with Gasteiger partial charge in [-0.25, -0.2) is 9.59 Å². The van der Waals surface area contributed by atoms with E-state index in [2.05, 4.69) is 92.9 Å². The SMILES string of the molecule is C=C(C)C(=O)OCC(COC(=O)C(=C)C)c1ccc(-c2ccc(-c3ccc4c(c3)CCc3cc(CC/C=C/C)ccc3-4)cc2)cc1. The number of esters is 2. The number of hydrogen-bond donors (Lipinski definition) is 0. The highest BCUT2D eigenvalue weighted by Gasteiger charge is 2.19. The van der Waals surface area contributed by atoms with Crippen LogP contribution in [0.25, 0.3) is 33.4 Å². The van der Waals surface area contributed by atoms with Crippen molar-refractivity contribution in [2.75, 3.05) is 13.2 Å². The van der Waals surface area contributed by atoms with Crippen LogP contribution in [-0.2, 0) is 38.3 Å². The van der Waals surface area contributed by atoms with Crippen LogP contribution < -0.4 is 0 Å². The summed E-state index contributed by atoms with van der Waals surface area (Å²) in [6.45, 7) is 12.7. The summed E-state index contributed by atoms with van der Waals surface area (Å²) in [5.41, 5.74) is 13.1. The molecule has 4 nitrogen and oxygen atoms in total. The summed E-state index contributed by atoms with van der Waals surface area (Å²) in [7, 11) is 0. The van der Waals surface area contributed by atoms with Crippen LogP contribution in [0.1, 0.15) is 55.4 Å². The van der Waals surface area contributed by atoms with Gasteiger partial charge in [0.25, 0.3) is 0 Å². The van der Waals surface area contributed by atoms with Gasteiger partial charge in [-0.3, -0.25) is 0 Å². The Morgan fingerprint density at radius 1 is 0.696 bits per heavy atom. The number of allylic oxidation sites excluding steroid dienone is 2. The molecule has 0 amide bonds. The van der Waals surface area contributed by atoms with Gasteiger partial charge in [-0.05, 0) is 102 Å². The molecule has 4 aromatic rings. The molecule has 0 saturated carbocycles. The van der Waals surface area contributed by atoms with Gasteiger partial charge >= 0.3 is 11.9 Å². The molecule has 0 N–H and O–H groups in total. The molecule has 5 rings (SSSR count). The van der Waals surface area contributed by atoms with Crippen molar-refractivity contribution < 1.29 is 19.1 Å². The van der Waals surface area contributed by atoms with Gasteiger partial charge < -0.3 is 9.47 Å². The summed E-state index contributed by atoms with van der Waals surface area (Å²) in [5.74, 6) is -1.26. The second-order valence-corrected chi connectivity index (χ2v) is 12.1. The monoisotopic (exact) mass is 610 g/mol. The Bertz CT molecular complexity index is 1740. The molecule has 1 aliphatic rings. The molecule has 0 unspecified atom stereocenters. The summed E-state index contributed by atoms with van der Waals surface area (Å²) in [6, 6.07) is 30.6. The molecule has 234 valence electrons. The summed E-state index contributed by atoms with van der Waals surface area (Å²) < 4.78 is 10.8. The van der Waals surface area contributed by atoms with Crippen LogP contribution in [-0.4, -0.2) is 25.2 Å². The fourth-order valence-corrected chi connectivity index (χ4v) is 5.84. The predicted molar refractivity (Wildman–Crippen MR) is 188 cm³/mol. The first-order valence-electron chi connectivity index (χ1n) is 16.0. The summed E-state index contributed by atoms with van der Waals surface area (Å²) in [5, 5.41) is 0. The highest BCUT2D eigenvalue weighted by atomic mass is 16.5. The number of fused-ring (bicyclic) bond motifs is 3. The third kappa shape index (κ3) is 7.81. The number of carbonyl (C=O) groups is 2.